The Morgan fingerprint density at radius 3 is 1.93 bits per heavy atom. The summed E-state index contributed by atoms with van der Waals surface area (Å²) in [4.78, 5) is 12.5. The number of hydrogen-bond donors (Lipinski definition) is 1. The molecule has 27 heavy (non-hydrogen) atoms. The van der Waals surface area contributed by atoms with Crippen molar-refractivity contribution >= 4 is 17.0 Å². The van der Waals surface area contributed by atoms with Gasteiger partial charge in [0.2, 0.25) is 0 Å². The number of unbranched alkanes of at least 4 members (excludes halogenated alkanes) is 4. The Morgan fingerprint density at radius 2 is 1.52 bits per heavy atom. The topological polar surface area (TPSA) is 55.4 Å². The Kier molecular flexibility index (Phi) is 10.5. The van der Waals surface area contributed by atoms with Crippen LogP contribution in [0.2, 0.25) is 0 Å². The first-order valence-electron chi connectivity index (χ1n) is 9.57. The second-order valence-electron chi connectivity index (χ2n) is 8.86. The van der Waals surface area contributed by atoms with Crippen LogP contribution in [0.1, 0.15) is 87.0 Å². The molecule has 0 amide bonds. The molecule has 3 atom stereocenters. The van der Waals surface area contributed by atoms with E-state index in [1.54, 1.807) is 41.5 Å². The summed E-state index contributed by atoms with van der Waals surface area (Å²) in [5, 5.41) is 0. The summed E-state index contributed by atoms with van der Waals surface area (Å²) in [5.74, 6) is -2.34. The molecule has 0 aliphatic rings. The molecule has 0 aromatic rings. The van der Waals surface area contributed by atoms with Gasteiger partial charge < -0.3 is 4.74 Å². The number of esters is 1. The summed E-state index contributed by atoms with van der Waals surface area (Å²) in [5.41, 5.74) is -0.892. The first kappa shape index (κ1) is 26.4. The van der Waals surface area contributed by atoms with Crippen LogP contribution in [0.15, 0.2) is 0 Å². The third kappa shape index (κ3) is 11.1. The number of nitrogens with one attached hydrogen (secondary N) is 1. The number of carbonyl (C=O) groups is 1. The van der Waals surface area contributed by atoms with Gasteiger partial charge in [-0.05, 0) is 48.0 Å². The maximum Gasteiger partial charge on any atom is 0.405 e. The minimum atomic E-state index is -4.72. The minimum Gasteiger partial charge on any atom is -0.460 e. The van der Waals surface area contributed by atoms with Gasteiger partial charge in [0.15, 0.2) is 0 Å². The maximum absolute atomic E-state index is 13.7. The molecule has 0 aliphatic heterocycles. The van der Waals surface area contributed by atoms with Crippen LogP contribution in [0.5, 0.6) is 0 Å². The van der Waals surface area contributed by atoms with E-state index in [4.69, 9.17) is 4.74 Å². The average Bonchev–Trinajstić information content (AvgIpc) is 2.45. The quantitative estimate of drug-likeness (QED) is 0.390. The van der Waals surface area contributed by atoms with Gasteiger partial charge in [-0.15, -0.1) is 0 Å². The predicted molar refractivity (Wildman–Crippen MR) is 104 cm³/mol. The third-order valence-electron chi connectivity index (χ3n) is 3.87. The van der Waals surface area contributed by atoms with Crippen LogP contribution in [-0.2, 0) is 20.5 Å². The van der Waals surface area contributed by atoms with E-state index in [-0.39, 0.29) is 6.42 Å². The Labute approximate surface area is 164 Å². The van der Waals surface area contributed by atoms with Gasteiger partial charge in [0.1, 0.15) is 11.6 Å². The molecule has 162 valence electrons. The molecule has 1 N–H and O–H groups in total. The molecule has 0 aromatic heterocycles. The molecular formula is C19H36F3NO3S. The van der Waals surface area contributed by atoms with Crippen LogP contribution in [0.25, 0.3) is 0 Å². The van der Waals surface area contributed by atoms with Gasteiger partial charge in [-0.1, -0.05) is 39.0 Å². The Hall–Kier alpha value is -0.630. The van der Waals surface area contributed by atoms with Gasteiger partial charge >= 0.3 is 12.1 Å². The van der Waals surface area contributed by atoms with Crippen molar-refractivity contribution < 1.29 is 26.9 Å². The zero-order chi connectivity index (χ0) is 21.5. The lowest BCUT2D eigenvalue weighted by atomic mass is 9.92. The van der Waals surface area contributed by atoms with Crippen molar-refractivity contribution in [2.24, 2.45) is 5.92 Å². The van der Waals surface area contributed by atoms with Crippen LogP contribution in [0.4, 0.5) is 13.2 Å². The fourth-order valence-corrected chi connectivity index (χ4v) is 3.32. The molecule has 0 heterocycles. The fraction of sp³-hybridized carbons (Fsp3) is 0.947. The van der Waals surface area contributed by atoms with Crippen molar-refractivity contribution in [2.75, 3.05) is 0 Å². The highest BCUT2D eigenvalue weighted by Crippen LogP contribution is 2.32. The number of carbonyl (C=O) groups excluding carboxylic acids is 1. The van der Waals surface area contributed by atoms with Crippen molar-refractivity contribution in [1.82, 2.24) is 4.72 Å². The molecule has 0 radical (unpaired) electrons. The van der Waals surface area contributed by atoms with E-state index < -0.39 is 45.4 Å². The molecule has 0 unspecified atom stereocenters. The summed E-state index contributed by atoms with van der Waals surface area (Å²) in [6.45, 7) is 11.6. The average molecular weight is 416 g/mol. The van der Waals surface area contributed by atoms with Gasteiger partial charge in [0.25, 0.3) is 0 Å². The number of alkyl halides is 3. The van der Waals surface area contributed by atoms with Crippen molar-refractivity contribution in [1.29, 1.82) is 0 Å². The maximum atomic E-state index is 13.7. The summed E-state index contributed by atoms with van der Waals surface area (Å²) in [6.07, 6.45) is -0.502. The molecule has 0 fully saturated rings. The lowest BCUT2D eigenvalue weighted by Crippen LogP contribution is -2.54. The van der Waals surface area contributed by atoms with Crippen LogP contribution in [0, 0.1) is 5.92 Å². The molecule has 0 saturated carbocycles. The molecule has 0 saturated heterocycles. The molecule has 0 aromatic carbocycles. The molecular weight excluding hydrogens is 379 g/mol. The lowest BCUT2D eigenvalue weighted by Gasteiger charge is -2.32. The van der Waals surface area contributed by atoms with E-state index >= 15 is 0 Å². The smallest absolute Gasteiger partial charge is 0.405 e. The lowest BCUT2D eigenvalue weighted by molar-refractivity contribution is -0.185. The van der Waals surface area contributed by atoms with Crippen LogP contribution in [0.3, 0.4) is 0 Å². The van der Waals surface area contributed by atoms with Crippen LogP contribution >= 0.6 is 0 Å². The Balaban J connectivity index is 5.49. The van der Waals surface area contributed by atoms with Crippen molar-refractivity contribution in [3.8, 4) is 0 Å². The molecule has 4 nitrogen and oxygen atoms in total. The number of ether oxygens (including phenoxy) is 1. The van der Waals surface area contributed by atoms with Gasteiger partial charge in [-0.3, -0.25) is 4.79 Å². The van der Waals surface area contributed by atoms with E-state index in [2.05, 4.69) is 11.6 Å². The SMILES string of the molecule is CCCCCCC[C@@H](C(=O)OC(C)(C)C)[C@@H](N[S@](=O)C(C)(C)C)C(F)(F)F. The van der Waals surface area contributed by atoms with E-state index in [1.165, 1.54) is 0 Å². The molecule has 8 heteroatoms. The first-order chi connectivity index (χ1) is 12.1. The fourth-order valence-electron chi connectivity index (χ4n) is 2.44. The summed E-state index contributed by atoms with van der Waals surface area (Å²) in [7, 11) is -1.96. The van der Waals surface area contributed by atoms with Crippen molar-refractivity contribution in [2.45, 2.75) is 110 Å². The monoisotopic (exact) mass is 415 g/mol. The second-order valence-corrected chi connectivity index (χ2v) is 10.9. The largest absolute Gasteiger partial charge is 0.460 e. The highest BCUT2D eigenvalue weighted by molar-refractivity contribution is 7.84. The van der Waals surface area contributed by atoms with Crippen molar-refractivity contribution in [3.63, 3.8) is 0 Å². The zero-order valence-corrected chi connectivity index (χ0v) is 18.5. The number of rotatable bonds is 10. The second kappa shape index (κ2) is 10.8. The van der Waals surface area contributed by atoms with Gasteiger partial charge in [-0.25, -0.2) is 8.93 Å². The van der Waals surface area contributed by atoms with Crippen LogP contribution < -0.4 is 4.72 Å². The first-order valence-corrected chi connectivity index (χ1v) is 10.7. The predicted octanol–water partition coefficient (Wildman–Crippen LogP) is 5.29. The minimum absolute atomic E-state index is 0.0388. The molecule has 0 aliphatic carbocycles. The highest BCUT2D eigenvalue weighted by Gasteiger charge is 2.49. The van der Waals surface area contributed by atoms with Crippen molar-refractivity contribution in [3.05, 3.63) is 0 Å². The Morgan fingerprint density at radius 1 is 1.00 bits per heavy atom. The molecule has 0 rings (SSSR count). The number of hydrogen-bond acceptors (Lipinski definition) is 3. The summed E-state index contributed by atoms with van der Waals surface area (Å²) >= 11 is 0. The molecule has 0 bridgehead atoms. The third-order valence-corrected chi connectivity index (χ3v) is 5.45. The van der Waals surface area contributed by atoms with E-state index in [0.717, 1.165) is 25.7 Å². The summed E-state index contributed by atoms with van der Waals surface area (Å²) in [6, 6.07) is -2.21. The van der Waals surface area contributed by atoms with Gasteiger partial charge in [0, 0.05) is 0 Å². The number of halogens is 3. The van der Waals surface area contributed by atoms with E-state index in [1.807, 2.05) is 0 Å². The molecule has 0 spiro atoms. The van der Waals surface area contributed by atoms with Gasteiger partial charge in [-0.2, -0.15) is 13.2 Å². The van der Waals surface area contributed by atoms with E-state index in [9.17, 15) is 22.2 Å². The highest BCUT2D eigenvalue weighted by atomic mass is 32.2. The summed E-state index contributed by atoms with van der Waals surface area (Å²) < 4.78 is 60.0. The zero-order valence-electron chi connectivity index (χ0n) is 17.7. The van der Waals surface area contributed by atoms with E-state index in [0.29, 0.717) is 6.42 Å². The van der Waals surface area contributed by atoms with Crippen LogP contribution in [-0.4, -0.2) is 32.7 Å². The standard InChI is InChI=1S/C19H36F3NO3S/c1-8-9-10-11-12-13-14(16(24)26-17(2,3)4)15(19(20,21)22)23-27(25)18(5,6)7/h14-15,23H,8-13H2,1-7H3/t14-,15-,27-/m1/s1. The normalized spacial score (nSPS) is 16.7. The van der Waals surface area contributed by atoms with Gasteiger partial charge in [0.05, 0.1) is 21.7 Å². The Bertz CT molecular complexity index is 482.